The normalized spacial score (nSPS) is 10.6. The molecule has 0 radical (unpaired) electrons. The number of aryl methyl sites for hydroxylation is 1. The molecule has 6 nitrogen and oxygen atoms in total. The molecule has 0 unspecified atom stereocenters. The summed E-state index contributed by atoms with van der Waals surface area (Å²) in [7, 11) is 1.99. The SMILES string of the molecule is CCCNc1ncnc(NCc2nccn2C)c1CCC. The van der Waals surface area contributed by atoms with E-state index in [0.717, 1.165) is 48.8 Å². The van der Waals surface area contributed by atoms with Crippen molar-refractivity contribution in [2.75, 3.05) is 17.2 Å². The van der Waals surface area contributed by atoms with Gasteiger partial charge in [0, 0.05) is 31.5 Å². The van der Waals surface area contributed by atoms with Crippen molar-refractivity contribution in [1.29, 1.82) is 0 Å². The van der Waals surface area contributed by atoms with Gasteiger partial charge in [-0.1, -0.05) is 20.3 Å². The molecular formula is C15H24N6. The number of hydrogen-bond donors (Lipinski definition) is 2. The molecule has 2 rings (SSSR count). The van der Waals surface area contributed by atoms with Crippen molar-refractivity contribution >= 4 is 11.6 Å². The number of nitrogens with one attached hydrogen (secondary N) is 2. The summed E-state index contributed by atoms with van der Waals surface area (Å²) in [6.07, 6.45) is 8.45. The summed E-state index contributed by atoms with van der Waals surface area (Å²) in [5.74, 6) is 2.82. The predicted molar refractivity (Wildman–Crippen MR) is 85.3 cm³/mol. The Morgan fingerprint density at radius 1 is 1.05 bits per heavy atom. The van der Waals surface area contributed by atoms with E-state index in [1.54, 1.807) is 12.5 Å². The van der Waals surface area contributed by atoms with E-state index in [1.165, 1.54) is 0 Å². The van der Waals surface area contributed by atoms with E-state index in [-0.39, 0.29) is 0 Å². The lowest BCUT2D eigenvalue weighted by molar-refractivity contribution is 0.806. The lowest BCUT2D eigenvalue weighted by Gasteiger charge is -2.14. The highest BCUT2D eigenvalue weighted by atomic mass is 15.1. The van der Waals surface area contributed by atoms with Crippen LogP contribution in [0.5, 0.6) is 0 Å². The summed E-state index contributed by atoms with van der Waals surface area (Å²) in [6.45, 7) is 5.89. The van der Waals surface area contributed by atoms with E-state index in [2.05, 4.69) is 39.4 Å². The minimum Gasteiger partial charge on any atom is -0.370 e. The third-order valence-corrected chi connectivity index (χ3v) is 3.32. The van der Waals surface area contributed by atoms with E-state index < -0.39 is 0 Å². The molecule has 0 bridgehead atoms. The molecule has 0 saturated carbocycles. The molecular weight excluding hydrogens is 264 g/mol. The topological polar surface area (TPSA) is 67.7 Å². The van der Waals surface area contributed by atoms with Gasteiger partial charge in [-0.2, -0.15) is 0 Å². The summed E-state index contributed by atoms with van der Waals surface area (Å²) in [5, 5.41) is 6.76. The Hall–Kier alpha value is -2.11. The van der Waals surface area contributed by atoms with Crippen LogP contribution < -0.4 is 10.6 Å². The standard InChI is InChI=1S/C15H24N6/c1-4-6-12-14(17-7-5-2)19-11-20-15(12)18-10-13-16-8-9-21(13)3/h8-9,11H,4-7,10H2,1-3H3,(H2,17,18,19,20). The fourth-order valence-corrected chi connectivity index (χ4v) is 2.18. The van der Waals surface area contributed by atoms with E-state index in [1.807, 2.05) is 17.8 Å². The second kappa shape index (κ2) is 7.61. The van der Waals surface area contributed by atoms with E-state index in [9.17, 15) is 0 Å². The first kappa shape index (κ1) is 15.3. The molecule has 2 aromatic rings. The quantitative estimate of drug-likeness (QED) is 0.781. The average Bonchev–Trinajstić information content (AvgIpc) is 2.90. The van der Waals surface area contributed by atoms with Crippen LogP contribution in [0.25, 0.3) is 0 Å². The molecule has 2 aromatic heterocycles. The molecule has 0 aromatic carbocycles. The number of nitrogens with zero attached hydrogens (tertiary/aromatic N) is 4. The van der Waals surface area contributed by atoms with Crippen molar-refractivity contribution in [3.05, 3.63) is 30.1 Å². The summed E-state index contributed by atoms with van der Waals surface area (Å²) in [4.78, 5) is 13.1. The van der Waals surface area contributed by atoms with E-state index >= 15 is 0 Å². The molecule has 0 fully saturated rings. The third-order valence-electron chi connectivity index (χ3n) is 3.32. The van der Waals surface area contributed by atoms with Gasteiger partial charge in [0.2, 0.25) is 0 Å². The maximum atomic E-state index is 4.40. The van der Waals surface area contributed by atoms with Gasteiger partial charge in [0.1, 0.15) is 23.8 Å². The summed E-state index contributed by atoms with van der Waals surface area (Å²) in [6, 6.07) is 0. The number of hydrogen-bond acceptors (Lipinski definition) is 5. The zero-order chi connectivity index (χ0) is 15.1. The smallest absolute Gasteiger partial charge is 0.135 e. The molecule has 2 heterocycles. The van der Waals surface area contributed by atoms with Crippen LogP contribution in [0.15, 0.2) is 18.7 Å². The first-order chi connectivity index (χ1) is 10.3. The van der Waals surface area contributed by atoms with Gasteiger partial charge in [0.25, 0.3) is 0 Å². The number of rotatable bonds is 8. The van der Waals surface area contributed by atoms with Crippen molar-refractivity contribution in [2.24, 2.45) is 7.05 Å². The first-order valence-corrected chi connectivity index (χ1v) is 7.54. The molecule has 0 aliphatic heterocycles. The van der Waals surface area contributed by atoms with Gasteiger partial charge >= 0.3 is 0 Å². The molecule has 0 aliphatic carbocycles. The monoisotopic (exact) mass is 288 g/mol. The lowest BCUT2D eigenvalue weighted by atomic mass is 10.1. The van der Waals surface area contributed by atoms with Crippen molar-refractivity contribution in [1.82, 2.24) is 19.5 Å². The molecule has 21 heavy (non-hydrogen) atoms. The van der Waals surface area contributed by atoms with Crippen LogP contribution in [0.1, 0.15) is 38.1 Å². The number of anilines is 2. The van der Waals surface area contributed by atoms with Crippen molar-refractivity contribution in [3.63, 3.8) is 0 Å². The fraction of sp³-hybridized carbons (Fsp3) is 0.533. The van der Waals surface area contributed by atoms with Gasteiger partial charge < -0.3 is 15.2 Å². The van der Waals surface area contributed by atoms with Crippen LogP contribution in [0, 0.1) is 0 Å². The molecule has 0 saturated heterocycles. The molecule has 0 atom stereocenters. The van der Waals surface area contributed by atoms with Crippen molar-refractivity contribution in [2.45, 2.75) is 39.7 Å². The Morgan fingerprint density at radius 2 is 1.81 bits per heavy atom. The first-order valence-electron chi connectivity index (χ1n) is 7.54. The van der Waals surface area contributed by atoms with Crippen LogP contribution in [-0.2, 0) is 20.0 Å². The number of aromatic nitrogens is 4. The summed E-state index contributed by atoms with van der Waals surface area (Å²) in [5.41, 5.74) is 1.16. The Bertz CT molecular complexity index is 563. The Balaban J connectivity index is 2.15. The highest BCUT2D eigenvalue weighted by Crippen LogP contribution is 2.22. The van der Waals surface area contributed by atoms with Gasteiger partial charge in [-0.25, -0.2) is 15.0 Å². The van der Waals surface area contributed by atoms with Gasteiger partial charge in [-0.15, -0.1) is 0 Å². The molecule has 0 spiro atoms. The van der Waals surface area contributed by atoms with E-state index in [0.29, 0.717) is 6.54 Å². The van der Waals surface area contributed by atoms with Gasteiger partial charge in [0.15, 0.2) is 0 Å². The van der Waals surface area contributed by atoms with Crippen LogP contribution >= 0.6 is 0 Å². The van der Waals surface area contributed by atoms with Crippen LogP contribution in [-0.4, -0.2) is 26.1 Å². The van der Waals surface area contributed by atoms with Crippen molar-refractivity contribution < 1.29 is 0 Å². The molecule has 0 aliphatic rings. The molecule has 114 valence electrons. The zero-order valence-electron chi connectivity index (χ0n) is 13.1. The second-order valence-electron chi connectivity index (χ2n) is 5.03. The lowest BCUT2D eigenvalue weighted by Crippen LogP contribution is -2.12. The Labute approximate surface area is 126 Å². The van der Waals surface area contributed by atoms with Crippen LogP contribution in [0.3, 0.4) is 0 Å². The highest BCUT2D eigenvalue weighted by molar-refractivity contribution is 5.57. The van der Waals surface area contributed by atoms with Gasteiger partial charge in [-0.05, 0) is 12.8 Å². The van der Waals surface area contributed by atoms with E-state index in [4.69, 9.17) is 0 Å². The van der Waals surface area contributed by atoms with Crippen molar-refractivity contribution in [3.8, 4) is 0 Å². The maximum absolute atomic E-state index is 4.40. The van der Waals surface area contributed by atoms with Crippen LogP contribution in [0.2, 0.25) is 0 Å². The van der Waals surface area contributed by atoms with Gasteiger partial charge in [0.05, 0.1) is 6.54 Å². The maximum Gasteiger partial charge on any atom is 0.135 e. The molecule has 6 heteroatoms. The minimum atomic E-state index is 0.657. The van der Waals surface area contributed by atoms with Gasteiger partial charge in [-0.3, -0.25) is 0 Å². The zero-order valence-corrected chi connectivity index (χ0v) is 13.1. The largest absolute Gasteiger partial charge is 0.370 e. The Kier molecular flexibility index (Phi) is 5.54. The third kappa shape index (κ3) is 3.93. The Morgan fingerprint density at radius 3 is 2.43 bits per heavy atom. The predicted octanol–water partition coefficient (Wildman–Crippen LogP) is 2.60. The molecule has 2 N–H and O–H groups in total. The fourth-order valence-electron chi connectivity index (χ4n) is 2.18. The average molecular weight is 288 g/mol. The minimum absolute atomic E-state index is 0.657. The summed E-state index contributed by atoms with van der Waals surface area (Å²) < 4.78 is 2.00. The number of imidazole rings is 1. The molecule has 0 amide bonds. The highest BCUT2D eigenvalue weighted by Gasteiger charge is 2.11. The van der Waals surface area contributed by atoms with Crippen LogP contribution in [0.4, 0.5) is 11.6 Å². The summed E-state index contributed by atoms with van der Waals surface area (Å²) >= 11 is 0. The second-order valence-corrected chi connectivity index (χ2v) is 5.03.